The summed E-state index contributed by atoms with van der Waals surface area (Å²) >= 11 is 0. The lowest BCUT2D eigenvalue weighted by atomic mass is 9.82. The van der Waals surface area contributed by atoms with Gasteiger partial charge in [-0.15, -0.1) is 0 Å². The molecular weight excluding hydrogens is 354 g/mol. The molecule has 0 aliphatic heterocycles. The molecule has 144 valence electrons. The van der Waals surface area contributed by atoms with Gasteiger partial charge in [-0.3, -0.25) is 4.79 Å². The lowest BCUT2D eigenvalue weighted by Crippen LogP contribution is -2.17. The number of allylic oxidation sites excluding steroid dienone is 5. The van der Waals surface area contributed by atoms with Crippen LogP contribution in [0.5, 0.6) is 0 Å². The predicted molar refractivity (Wildman–Crippen MR) is 122 cm³/mol. The van der Waals surface area contributed by atoms with Crippen molar-refractivity contribution in [3.05, 3.63) is 138 Å². The van der Waals surface area contributed by atoms with Crippen LogP contribution in [0.25, 0.3) is 0 Å². The van der Waals surface area contributed by atoms with Crippen molar-refractivity contribution in [3.63, 3.8) is 0 Å². The van der Waals surface area contributed by atoms with E-state index in [9.17, 15) is 4.79 Å². The van der Waals surface area contributed by atoms with E-state index in [0.717, 1.165) is 22.4 Å². The zero-order valence-corrected chi connectivity index (χ0v) is 16.6. The monoisotopic (exact) mass is 379 g/mol. The van der Waals surface area contributed by atoms with E-state index in [1.807, 2.05) is 85.8 Å². The van der Waals surface area contributed by atoms with Gasteiger partial charge in [-0.1, -0.05) is 97.6 Å². The van der Waals surface area contributed by atoms with E-state index in [-0.39, 0.29) is 11.8 Å². The summed E-state index contributed by atoms with van der Waals surface area (Å²) in [5.74, 6) is -0.175. The Labute approximate surface area is 172 Å². The first kappa shape index (κ1) is 20.1. The average molecular weight is 380 g/mol. The Hall–Kier alpha value is -3.65. The minimum Gasteiger partial charge on any atom is -0.322 e. The van der Waals surface area contributed by atoms with E-state index in [4.69, 9.17) is 0 Å². The molecule has 0 saturated carbocycles. The highest BCUT2D eigenvalue weighted by atomic mass is 16.1. The molecular formula is C27H25NO. The van der Waals surface area contributed by atoms with E-state index in [0.29, 0.717) is 5.56 Å². The standard InChI is InChI=1S/C27H25NO/c1-3-5-14-21(4-2)26(22-15-8-6-9-16-22)24-19-12-13-20-25(24)27(29)28-23-17-10-7-11-18-23/h3-20,26H,1H2,2H3,(H,28,29)/b14-5-,21-4+. The maximum atomic E-state index is 13.1. The fourth-order valence-electron chi connectivity index (χ4n) is 3.41. The van der Waals surface area contributed by atoms with Gasteiger partial charge in [-0.2, -0.15) is 0 Å². The fourth-order valence-corrected chi connectivity index (χ4v) is 3.41. The van der Waals surface area contributed by atoms with Crippen molar-refractivity contribution in [3.8, 4) is 0 Å². The van der Waals surface area contributed by atoms with Crippen LogP contribution in [0.1, 0.15) is 34.3 Å². The van der Waals surface area contributed by atoms with Crippen molar-refractivity contribution in [1.29, 1.82) is 0 Å². The van der Waals surface area contributed by atoms with Gasteiger partial charge in [0, 0.05) is 17.2 Å². The van der Waals surface area contributed by atoms with Crippen LogP contribution in [0.4, 0.5) is 5.69 Å². The van der Waals surface area contributed by atoms with Crippen molar-refractivity contribution in [2.75, 3.05) is 5.32 Å². The van der Waals surface area contributed by atoms with Crippen LogP contribution >= 0.6 is 0 Å². The third kappa shape index (κ3) is 4.99. The largest absolute Gasteiger partial charge is 0.322 e. The number of hydrogen-bond donors (Lipinski definition) is 1. The highest BCUT2D eigenvalue weighted by Crippen LogP contribution is 2.35. The highest BCUT2D eigenvalue weighted by molar-refractivity contribution is 6.05. The molecule has 0 aromatic heterocycles. The summed E-state index contributed by atoms with van der Waals surface area (Å²) in [4.78, 5) is 13.1. The van der Waals surface area contributed by atoms with Crippen LogP contribution in [-0.4, -0.2) is 5.91 Å². The zero-order valence-electron chi connectivity index (χ0n) is 16.6. The SMILES string of the molecule is C=C/C=C\C(=C/C)C(c1ccccc1)c1ccccc1C(=O)Nc1ccccc1. The molecule has 0 fully saturated rings. The summed E-state index contributed by atoms with van der Waals surface area (Å²) < 4.78 is 0. The summed E-state index contributed by atoms with van der Waals surface area (Å²) in [5.41, 5.74) is 4.65. The topological polar surface area (TPSA) is 29.1 Å². The van der Waals surface area contributed by atoms with Gasteiger partial charge in [0.15, 0.2) is 0 Å². The number of benzene rings is 3. The van der Waals surface area contributed by atoms with Crippen molar-refractivity contribution < 1.29 is 4.79 Å². The number of para-hydroxylation sites is 1. The van der Waals surface area contributed by atoms with Gasteiger partial charge >= 0.3 is 0 Å². The van der Waals surface area contributed by atoms with E-state index < -0.39 is 0 Å². The van der Waals surface area contributed by atoms with Gasteiger partial charge in [0.2, 0.25) is 0 Å². The molecule has 3 aromatic carbocycles. The Morgan fingerprint density at radius 1 is 0.897 bits per heavy atom. The molecule has 1 N–H and O–H groups in total. The van der Waals surface area contributed by atoms with Crippen molar-refractivity contribution in [2.45, 2.75) is 12.8 Å². The Bertz CT molecular complexity index is 1020. The van der Waals surface area contributed by atoms with Gasteiger partial charge in [0.1, 0.15) is 0 Å². The van der Waals surface area contributed by atoms with E-state index in [1.54, 1.807) is 6.08 Å². The number of nitrogens with one attached hydrogen (secondary N) is 1. The van der Waals surface area contributed by atoms with Crippen LogP contribution in [-0.2, 0) is 0 Å². The molecule has 0 aliphatic carbocycles. The van der Waals surface area contributed by atoms with Gasteiger partial charge < -0.3 is 5.32 Å². The maximum Gasteiger partial charge on any atom is 0.255 e. The molecule has 0 radical (unpaired) electrons. The Morgan fingerprint density at radius 2 is 1.52 bits per heavy atom. The molecule has 2 nitrogen and oxygen atoms in total. The Balaban J connectivity index is 2.08. The van der Waals surface area contributed by atoms with Gasteiger partial charge in [0.05, 0.1) is 0 Å². The van der Waals surface area contributed by atoms with Crippen molar-refractivity contribution >= 4 is 11.6 Å². The van der Waals surface area contributed by atoms with Crippen LogP contribution in [0, 0.1) is 0 Å². The van der Waals surface area contributed by atoms with E-state index >= 15 is 0 Å². The third-order valence-corrected chi connectivity index (χ3v) is 4.77. The van der Waals surface area contributed by atoms with Crippen LogP contribution in [0.3, 0.4) is 0 Å². The summed E-state index contributed by atoms with van der Waals surface area (Å²) in [6.45, 7) is 5.81. The molecule has 1 amide bonds. The lowest BCUT2D eigenvalue weighted by molar-refractivity contribution is 0.102. The second-order valence-electron chi connectivity index (χ2n) is 6.63. The summed E-state index contributed by atoms with van der Waals surface area (Å²) in [6, 6.07) is 27.6. The normalized spacial score (nSPS) is 12.5. The van der Waals surface area contributed by atoms with Gasteiger partial charge in [-0.05, 0) is 41.8 Å². The molecule has 3 rings (SSSR count). The summed E-state index contributed by atoms with van der Waals surface area (Å²) in [7, 11) is 0. The molecule has 0 saturated heterocycles. The molecule has 0 bridgehead atoms. The molecule has 1 unspecified atom stereocenters. The number of carbonyl (C=O) groups is 1. The Kier molecular flexibility index (Phi) is 6.96. The van der Waals surface area contributed by atoms with E-state index in [1.165, 1.54) is 0 Å². The highest BCUT2D eigenvalue weighted by Gasteiger charge is 2.22. The number of amides is 1. The van der Waals surface area contributed by atoms with E-state index in [2.05, 4.69) is 36.2 Å². The second-order valence-corrected chi connectivity index (χ2v) is 6.63. The molecule has 1 atom stereocenters. The zero-order chi connectivity index (χ0) is 20.5. The average Bonchev–Trinajstić information content (AvgIpc) is 2.78. The predicted octanol–water partition coefficient (Wildman–Crippen LogP) is 6.76. The molecule has 29 heavy (non-hydrogen) atoms. The summed E-state index contributed by atoms with van der Waals surface area (Å²) in [5, 5.41) is 3.01. The first-order valence-corrected chi connectivity index (χ1v) is 9.70. The number of anilines is 1. The molecule has 0 spiro atoms. The molecule has 0 aliphatic rings. The van der Waals surface area contributed by atoms with Crippen LogP contribution < -0.4 is 5.32 Å². The number of hydrogen-bond acceptors (Lipinski definition) is 1. The molecule has 0 heterocycles. The van der Waals surface area contributed by atoms with Crippen molar-refractivity contribution in [2.24, 2.45) is 0 Å². The first-order valence-electron chi connectivity index (χ1n) is 9.70. The summed E-state index contributed by atoms with van der Waals surface area (Å²) in [6.07, 6.45) is 7.83. The van der Waals surface area contributed by atoms with Crippen molar-refractivity contribution in [1.82, 2.24) is 0 Å². The lowest BCUT2D eigenvalue weighted by Gasteiger charge is -2.22. The number of carbonyl (C=O) groups excluding carboxylic acids is 1. The minimum absolute atomic E-state index is 0.0601. The number of rotatable bonds is 7. The third-order valence-electron chi connectivity index (χ3n) is 4.77. The Morgan fingerprint density at radius 3 is 2.17 bits per heavy atom. The molecule has 3 aromatic rings. The maximum absolute atomic E-state index is 13.1. The van der Waals surface area contributed by atoms with Crippen LogP contribution in [0.2, 0.25) is 0 Å². The molecule has 2 heteroatoms. The quantitative estimate of drug-likeness (QED) is 0.452. The minimum atomic E-state index is -0.115. The van der Waals surface area contributed by atoms with Crippen LogP contribution in [0.15, 0.2) is 121 Å². The second kappa shape index (κ2) is 10.0. The smallest absolute Gasteiger partial charge is 0.255 e. The van der Waals surface area contributed by atoms with Gasteiger partial charge in [0.25, 0.3) is 5.91 Å². The van der Waals surface area contributed by atoms with Gasteiger partial charge in [-0.25, -0.2) is 0 Å². The first-order chi connectivity index (χ1) is 14.2. The fraction of sp³-hybridized carbons (Fsp3) is 0.0741.